The summed E-state index contributed by atoms with van der Waals surface area (Å²) in [5.41, 5.74) is 7.75. The highest BCUT2D eigenvalue weighted by atomic mass is 79.9. The zero-order valence-electron chi connectivity index (χ0n) is 7.20. The molecule has 1 heterocycles. The van der Waals surface area contributed by atoms with Gasteiger partial charge in [-0.2, -0.15) is 5.11 Å². The number of H-pyrrole nitrogens is 1. The van der Waals surface area contributed by atoms with Crippen molar-refractivity contribution >= 4 is 27.7 Å². The van der Waals surface area contributed by atoms with Crippen LogP contribution < -0.4 is 11.2 Å². The number of hydrogen-bond acceptors (Lipinski definition) is 4. The fourth-order valence-electron chi connectivity index (χ4n) is 0.737. The number of rotatable bonds is 5. The first-order valence-corrected chi connectivity index (χ1v) is 4.89. The maximum absolute atomic E-state index is 10.8. The number of nitrogens with two attached hydrogens (primary N) is 1. The number of primary amides is 1. The van der Waals surface area contributed by atoms with E-state index in [2.05, 4.69) is 41.7 Å². The summed E-state index contributed by atoms with van der Waals surface area (Å²) in [5.74, 6) is -0.323. The predicted molar refractivity (Wildman–Crippen MR) is 54.2 cm³/mol. The average Bonchev–Trinajstić information content (AvgIpc) is 2.60. The van der Waals surface area contributed by atoms with Gasteiger partial charge in [-0.1, -0.05) is 21.2 Å². The summed E-state index contributed by atoms with van der Waals surface area (Å²) in [6, 6.07) is 0. The van der Waals surface area contributed by atoms with E-state index in [1.54, 1.807) is 0 Å². The van der Waals surface area contributed by atoms with Crippen LogP contribution in [0, 0.1) is 0 Å². The standard InChI is InChI=1S/C6H9BrN6O/c7-1-2-11-13-12-6-4(5(8)14)9-3-10-6/h3H,1-2H2,(H2,8,14)(H,9,10)(H,11,12). The first kappa shape index (κ1) is 10.6. The fraction of sp³-hybridized carbons (Fsp3) is 0.333. The van der Waals surface area contributed by atoms with E-state index in [9.17, 15) is 4.79 Å². The first-order chi connectivity index (χ1) is 6.75. The number of aromatic amines is 1. The molecule has 0 saturated heterocycles. The van der Waals surface area contributed by atoms with Crippen LogP contribution in [-0.2, 0) is 0 Å². The number of amides is 1. The van der Waals surface area contributed by atoms with E-state index < -0.39 is 5.91 Å². The number of aromatic nitrogens is 2. The largest absolute Gasteiger partial charge is 0.364 e. The SMILES string of the molecule is NC(=O)c1[nH]cnc1NN=NCCBr. The van der Waals surface area contributed by atoms with E-state index in [0.717, 1.165) is 5.33 Å². The lowest BCUT2D eigenvalue weighted by molar-refractivity contribution is 0.0997. The van der Waals surface area contributed by atoms with Crippen molar-refractivity contribution in [1.29, 1.82) is 0 Å². The van der Waals surface area contributed by atoms with Crippen molar-refractivity contribution in [1.82, 2.24) is 9.97 Å². The Labute approximate surface area is 88.3 Å². The normalized spacial score (nSPS) is 10.6. The van der Waals surface area contributed by atoms with Gasteiger partial charge in [0.05, 0.1) is 12.9 Å². The Hall–Kier alpha value is -1.44. The topological polar surface area (TPSA) is 109 Å². The van der Waals surface area contributed by atoms with Crippen molar-refractivity contribution in [3.63, 3.8) is 0 Å². The zero-order chi connectivity index (χ0) is 10.4. The lowest BCUT2D eigenvalue weighted by Gasteiger charge is -1.95. The molecule has 0 unspecified atom stereocenters. The molecule has 0 aliphatic carbocycles. The molecule has 8 heteroatoms. The highest BCUT2D eigenvalue weighted by molar-refractivity contribution is 9.09. The quantitative estimate of drug-likeness (QED) is 0.412. The van der Waals surface area contributed by atoms with Crippen LogP contribution in [0.25, 0.3) is 0 Å². The molecular weight excluding hydrogens is 252 g/mol. The van der Waals surface area contributed by atoms with E-state index in [-0.39, 0.29) is 11.5 Å². The molecule has 1 amide bonds. The molecule has 14 heavy (non-hydrogen) atoms. The molecule has 76 valence electrons. The van der Waals surface area contributed by atoms with Gasteiger partial charge in [-0.3, -0.25) is 4.79 Å². The maximum atomic E-state index is 10.8. The third kappa shape index (κ3) is 2.80. The fourth-order valence-corrected chi connectivity index (χ4v) is 0.896. The van der Waals surface area contributed by atoms with Gasteiger partial charge in [0.15, 0.2) is 5.82 Å². The van der Waals surface area contributed by atoms with Crippen molar-refractivity contribution in [3.8, 4) is 0 Å². The number of imidazole rings is 1. The molecule has 1 rings (SSSR count). The van der Waals surface area contributed by atoms with Gasteiger partial charge in [-0.25, -0.2) is 10.4 Å². The molecule has 1 aromatic heterocycles. The Bertz CT molecular complexity index is 335. The second-order valence-electron chi connectivity index (χ2n) is 2.26. The molecule has 0 bridgehead atoms. The van der Waals surface area contributed by atoms with Crippen molar-refractivity contribution in [2.75, 3.05) is 17.3 Å². The molecule has 0 aliphatic heterocycles. The molecule has 7 nitrogen and oxygen atoms in total. The first-order valence-electron chi connectivity index (χ1n) is 3.77. The summed E-state index contributed by atoms with van der Waals surface area (Å²) >= 11 is 3.19. The molecule has 0 spiro atoms. The Balaban J connectivity index is 2.58. The molecule has 0 aliphatic rings. The van der Waals surface area contributed by atoms with Crippen LogP contribution in [0.5, 0.6) is 0 Å². The van der Waals surface area contributed by atoms with E-state index in [0.29, 0.717) is 6.54 Å². The van der Waals surface area contributed by atoms with Crippen LogP contribution in [0.15, 0.2) is 16.7 Å². The minimum absolute atomic E-state index is 0.183. The predicted octanol–water partition coefficient (Wildman–Crippen LogP) is 0.683. The van der Waals surface area contributed by atoms with Gasteiger partial charge in [-0.05, 0) is 0 Å². The van der Waals surface area contributed by atoms with Crippen LogP contribution in [0.4, 0.5) is 5.82 Å². The van der Waals surface area contributed by atoms with Crippen molar-refractivity contribution in [3.05, 3.63) is 12.0 Å². The Morgan fingerprint density at radius 2 is 2.57 bits per heavy atom. The number of halogens is 1. The number of nitrogens with one attached hydrogen (secondary N) is 2. The third-order valence-electron chi connectivity index (χ3n) is 1.30. The average molecular weight is 261 g/mol. The minimum atomic E-state index is -0.597. The zero-order valence-corrected chi connectivity index (χ0v) is 8.78. The van der Waals surface area contributed by atoms with Crippen LogP contribution in [-0.4, -0.2) is 27.7 Å². The van der Waals surface area contributed by atoms with Gasteiger partial charge in [-0.15, -0.1) is 0 Å². The number of carbonyl (C=O) groups excluding carboxylic acids is 1. The molecule has 1 aromatic rings. The van der Waals surface area contributed by atoms with Crippen LogP contribution in [0.1, 0.15) is 10.5 Å². The van der Waals surface area contributed by atoms with E-state index in [1.807, 2.05) is 0 Å². The van der Waals surface area contributed by atoms with E-state index >= 15 is 0 Å². The monoisotopic (exact) mass is 260 g/mol. The second-order valence-corrected chi connectivity index (χ2v) is 3.05. The maximum Gasteiger partial charge on any atom is 0.269 e. The van der Waals surface area contributed by atoms with Gasteiger partial charge in [0.25, 0.3) is 5.91 Å². The molecular formula is C6H9BrN6O. The number of nitrogens with zero attached hydrogens (tertiary/aromatic N) is 3. The molecule has 4 N–H and O–H groups in total. The Kier molecular flexibility index (Phi) is 4.05. The number of carbonyl (C=O) groups is 1. The summed E-state index contributed by atoms with van der Waals surface area (Å²) in [4.78, 5) is 17.2. The van der Waals surface area contributed by atoms with Crippen LogP contribution >= 0.6 is 15.9 Å². The van der Waals surface area contributed by atoms with Crippen LogP contribution in [0.2, 0.25) is 0 Å². The minimum Gasteiger partial charge on any atom is -0.364 e. The van der Waals surface area contributed by atoms with E-state index in [4.69, 9.17) is 5.73 Å². The summed E-state index contributed by atoms with van der Waals surface area (Å²) in [6.45, 7) is 0.545. The summed E-state index contributed by atoms with van der Waals surface area (Å²) < 4.78 is 0. The van der Waals surface area contributed by atoms with Crippen molar-refractivity contribution in [2.24, 2.45) is 16.1 Å². The van der Waals surface area contributed by atoms with Gasteiger partial charge in [0, 0.05) is 5.33 Å². The summed E-state index contributed by atoms with van der Waals surface area (Å²) in [5, 5.41) is 8.05. The third-order valence-corrected chi connectivity index (χ3v) is 1.65. The number of hydrogen-bond donors (Lipinski definition) is 3. The lowest BCUT2D eigenvalue weighted by atomic mass is 10.4. The molecule has 0 fully saturated rings. The lowest BCUT2D eigenvalue weighted by Crippen LogP contribution is -2.13. The van der Waals surface area contributed by atoms with Gasteiger partial charge in [0.1, 0.15) is 5.69 Å². The number of anilines is 1. The molecule has 0 radical (unpaired) electrons. The summed E-state index contributed by atoms with van der Waals surface area (Å²) in [6.07, 6.45) is 1.35. The van der Waals surface area contributed by atoms with Crippen molar-refractivity contribution < 1.29 is 4.79 Å². The molecule has 0 saturated carbocycles. The highest BCUT2D eigenvalue weighted by Gasteiger charge is 2.09. The van der Waals surface area contributed by atoms with E-state index in [1.165, 1.54) is 6.33 Å². The van der Waals surface area contributed by atoms with Gasteiger partial charge >= 0.3 is 0 Å². The number of alkyl halides is 1. The second kappa shape index (κ2) is 5.32. The van der Waals surface area contributed by atoms with Gasteiger partial charge in [0.2, 0.25) is 0 Å². The Morgan fingerprint density at radius 3 is 3.21 bits per heavy atom. The smallest absolute Gasteiger partial charge is 0.269 e. The van der Waals surface area contributed by atoms with Crippen LogP contribution in [0.3, 0.4) is 0 Å². The summed E-state index contributed by atoms with van der Waals surface area (Å²) in [7, 11) is 0. The Morgan fingerprint density at radius 1 is 1.79 bits per heavy atom. The molecule has 0 atom stereocenters. The van der Waals surface area contributed by atoms with Gasteiger partial charge < -0.3 is 10.7 Å². The van der Waals surface area contributed by atoms with Crippen molar-refractivity contribution in [2.45, 2.75) is 0 Å². The molecule has 0 aromatic carbocycles. The highest BCUT2D eigenvalue weighted by Crippen LogP contribution is 2.07.